The van der Waals surface area contributed by atoms with Gasteiger partial charge in [0.15, 0.2) is 0 Å². The van der Waals surface area contributed by atoms with E-state index < -0.39 is 0 Å². The molecule has 0 bridgehead atoms. The van der Waals surface area contributed by atoms with Crippen LogP contribution in [0, 0.1) is 13.8 Å². The van der Waals surface area contributed by atoms with Gasteiger partial charge in [-0.3, -0.25) is 0 Å². The Labute approximate surface area is 165 Å². The van der Waals surface area contributed by atoms with Gasteiger partial charge in [-0.25, -0.2) is 4.79 Å². The summed E-state index contributed by atoms with van der Waals surface area (Å²) in [6.07, 6.45) is 0. The number of para-hydroxylation sites is 2. The van der Waals surface area contributed by atoms with Gasteiger partial charge < -0.3 is 9.15 Å². The summed E-state index contributed by atoms with van der Waals surface area (Å²) in [5.74, 6) is 1.20. The lowest BCUT2D eigenvalue weighted by Gasteiger charge is -2.10. The Bertz CT molecular complexity index is 1220. The molecule has 0 aliphatic carbocycles. The largest absolute Gasteiger partial charge is 0.494 e. The summed E-state index contributed by atoms with van der Waals surface area (Å²) in [7, 11) is 1.61. The molecule has 28 heavy (non-hydrogen) atoms. The van der Waals surface area contributed by atoms with Crippen molar-refractivity contribution in [3.05, 3.63) is 69.6 Å². The second-order valence-corrected chi connectivity index (χ2v) is 7.25. The van der Waals surface area contributed by atoms with Crippen LogP contribution in [0.2, 0.25) is 0 Å². The molecule has 2 aromatic carbocycles. The number of rotatable bonds is 5. The number of aromatic nitrogens is 4. The Morgan fingerprint density at radius 2 is 2.00 bits per heavy atom. The lowest BCUT2D eigenvalue weighted by Crippen LogP contribution is -2.03. The number of tetrazole rings is 1. The van der Waals surface area contributed by atoms with Crippen molar-refractivity contribution in [3.63, 3.8) is 0 Å². The van der Waals surface area contributed by atoms with E-state index in [1.165, 1.54) is 17.8 Å². The van der Waals surface area contributed by atoms with E-state index in [1.54, 1.807) is 11.8 Å². The van der Waals surface area contributed by atoms with E-state index >= 15 is 0 Å². The van der Waals surface area contributed by atoms with E-state index in [0.717, 1.165) is 27.8 Å². The molecule has 142 valence electrons. The molecule has 0 spiro atoms. The van der Waals surface area contributed by atoms with Crippen molar-refractivity contribution in [2.45, 2.75) is 24.8 Å². The van der Waals surface area contributed by atoms with Crippen molar-refractivity contribution in [2.24, 2.45) is 0 Å². The average Bonchev–Trinajstić information content (AvgIpc) is 3.17. The minimum absolute atomic E-state index is 0.360. The van der Waals surface area contributed by atoms with Gasteiger partial charge >= 0.3 is 5.63 Å². The summed E-state index contributed by atoms with van der Waals surface area (Å²) in [6, 6.07) is 13.1. The molecule has 0 amide bonds. The van der Waals surface area contributed by atoms with Crippen LogP contribution in [0.3, 0.4) is 0 Å². The molecule has 0 aliphatic rings. The van der Waals surface area contributed by atoms with Gasteiger partial charge in [0, 0.05) is 17.2 Å². The van der Waals surface area contributed by atoms with Crippen LogP contribution in [0.5, 0.6) is 5.75 Å². The maximum Gasteiger partial charge on any atom is 0.336 e. The van der Waals surface area contributed by atoms with Gasteiger partial charge in [0.05, 0.1) is 7.11 Å². The predicted molar refractivity (Wildman–Crippen MR) is 107 cm³/mol. The number of methoxy groups -OCH3 is 1. The van der Waals surface area contributed by atoms with Crippen molar-refractivity contribution in [3.8, 4) is 11.4 Å². The third-order valence-corrected chi connectivity index (χ3v) is 5.60. The highest BCUT2D eigenvalue weighted by Gasteiger charge is 2.15. The molecule has 8 heteroatoms. The van der Waals surface area contributed by atoms with E-state index in [4.69, 9.17) is 9.15 Å². The van der Waals surface area contributed by atoms with Gasteiger partial charge in [-0.2, -0.15) is 4.68 Å². The summed E-state index contributed by atoms with van der Waals surface area (Å²) in [4.78, 5) is 12.1. The first kappa shape index (κ1) is 18.2. The zero-order valence-corrected chi connectivity index (χ0v) is 16.5. The number of ether oxygens (including phenoxy) is 1. The third kappa shape index (κ3) is 3.27. The highest BCUT2D eigenvalue weighted by Crippen LogP contribution is 2.30. The fourth-order valence-electron chi connectivity index (χ4n) is 3.01. The molecule has 2 heterocycles. The second-order valence-electron chi connectivity index (χ2n) is 6.31. The molecule has 4 aromatic rings. The van der Waals surface area contributed by atoms with Crippen LogP contribution in [0.4, 0.5) is 0 Å². The maximum atomic E-state index is 12.1. The number of benzene rings is 2. The van der Waals surface area contributed by atoms with Crippen LogP contribution in [0.1, 0.15) is 16.7 Å². The normalized spacial score (nSPS) is 11.1. The lowest BCUT2D eigenvalue weighted by atomic mass is 10.0. The summed E-state index contributed by atoms with van der Waals surface area (Å²) < 4.78 is 12.5. The number of fused-ring (bicyclic) bond motifs is 1. The van der Waals surface area contributed by atoms with Crippen LogP contribution in [-0.4, -0.2) is 27.3 Å². The first-order chi connectivity index (χ1) is 13.6. The standard InChI is InChI=1S/C20H18N4O3S/c1-12-8-9-15-14(10-18(25)27-19(15)13(12)2)11-28-20-21-22-23-24(20)16-6-4-5-7-17(16)26-3/h4-10H,11H2,1-3H3. The fourth-order valence-corrected chi connectivity index (χ4v) is 3.89. The highest BCUT2D eigenvalue weighted by atomic mass is 32.2. The molecule has 0 atom stereocenters. The molecule has 4 rings (SSSR count). The number of aryl methyl sites for hydroxylation is 2. The zero-order valence-electron chi connectivity index (χ0n) is 15.7. The monoisotopic (exact) mass is 394 g/mol. The van der Waals surface area contributed by atoms with Gasteiger partial charge in [0.2, 0.25) is 5.16 Å². The Morgan fingerprint density at radius 1 is 1.18 bits per heavy atom. The number of hydrogen-bond donors (Lipinski definition) is 0. The van der Waals surface area contributed by atoms with Crippen molar-refractivity contribution >= 4 is 22.7 Å². The molecule has 0 N–H and O–H groups in total. The van der Waals surface area contributed by atoms with Gasteiger partial charge in [-0.1, -0.05) is 36.0 Å². The highest BCUT2D eigenvalue weighted by molar-refractivity contribution is 7.98. The van der Waals surface area contributed by atoms with E-state index in [0.29, 0.717) is 22.2 Å². The fraction of sp³-hybridized carbons (Fsp3) is 0.200. The summed E-state index contributed by atoms with van der Waals surface area (Å²) in [5.41, 5.74) is 3.96. The van der Waals surface area contributed by atoms with Crippen molar-refractivity contribution in [1.82, 2.24) is 20.2 Å². The first-order valence-corrected chi connectivity index (χ1v) is 9.64. The van der Waals surface area contributed by atoms with Crippen molar-refractivity contribution in [1.29, 1.82) is 0 Å². The molecular formula is C20H18N4O3S. The summed E-state index contributed by atoms with van der Waals surface area (Å²) >= 11 is 1.45. The van der Waals surface area contributed by atoms with E-state index in [9.17, 15) is 4.79 Å². The molecule has 0 radical (unpaired) electrons. The van der Waals surface area contributed by atoms with E-state index in [-0.39, 0.29) is 5.63 Å². The summed E-state index contributed by atoms with van der Waals surface area (Å²) in [6.45, 7) is 3.96. The molecule has 2 aromatic heterocycles. The smallest absolute Gasteiger partial charge is 0.336 e. The number of thioether (sulfide) groups is 1. The van der Waals surface area contributed by atoms with Gasteiger partial charge in [0.25, 0.3) is 0 Å². The van der Waals surface area contributed by atoms with Crippen LogP contribution in [0.15, 0.2) is 56.8 Å². The topological polar surface area (TPSA) is 83.0 Å². The number of nitrogens with zero attached hydrogens (tertiary/aromatic N) is 4. The first-order valence-electron chi connectivity index (χ1n) is 8.66. The zero-order chi connectivity index (χ0) is 19.7. The molecule has 0 saturated carbocycles. The summed E-state index contributed by atoms with van der Waals surface area (Å²) in [5, 5.41) is 13.5. The quantitative estimate of drug-likeness (QED) is 0.377. The van der Waals surface area contributed by atoms with Crippen molar-refractivity contribution in [2.75, 3.05) is 7.11 Å². The lowest BCUT2D eigenvalue weighted by molar-refractivity contribution is 0.410. The predicted octanol–water partition coefficient (Wildman–Crippen LogP) is 3.69. The molecule has 0 unspecified atom stereocenters. The van der Waals surface area contributed by atoms with Crippen LogP contribution < -0.4 is 10.4 Å². The van der Waals surface area contributed by atoms with Crippen LogP contribution in [-0.2, 0) is 5.75 Å². The third-order valence-electron chi connectivity index (χ3n) is 4.63. The van der Waals surface area contributed by atoms with Gasteiger partial charge in [-0.15, -0.1) is 5.10 Å². The average molecular weight is 394 g/mol. The van der Waals surface area contributed by atoms with Crippen molar-refractivity contribution < 1.29 is 9.15 Å². The minimum atomic E-state index is -0.360. The second kappa shape index (κ2) is 7.47. The molecule has 0 aliphatic heterocycles. The maximum absolute atomic E-state index is 12.1. The Balaban J connectivity index is 1.70. The van der Waals surface area contributed by atoms with E-state index in [1.807, 2.05) is 50.2 Å². The molecule has 0 fully saturated rings. The van der Waals surface area contributed by atoms with Crippen LogP contribution >= 0.6 is 11.8 Å². The molecular weight excluding hydrogens is 376 g/mol. The minimum Gasteiger partial charge on any atom is -0.494 e. The molecule has 0 saturated heterocycles. The van der Waals surface area contributed by atoms with E-state index in [2.05, 4.69) is 15.5 Å². The number of hydrogen-bond acceptors (Lipinski definition) is 7. The Hall–Kier alpha value is -3.13. The van der Waals surface area contributed by atoms with Gasteiger partial charge in [-0.05, 0) is 53.1 Å². The Morgan fingerprint density at radius 3 is 2.82 bits per heavy atom. The SMILES string of the molecule is COc1ccccc1-n1nnnc1SCc1cc(=O)oc2c(C)c(C)ccc12. The van der Waals surface area contributed by atoms with Gasteiger partial charge in [0.1, 0.15) is 17.0 Å². The van der Waals surface area contributed by atoms with Crippen LogP contribution in [0.25, 0.3) is 16.7 Å². The molecule has 7 nitrogen and oxygen atoms in total. The Kier molecular flexibility index (Phi) is 4.87.